The molecule has 0 saturated carbocycles. The Morgan fingerprint density at radius 2 is 1.68 bits per heavy atom. The predicted octanol–water partition coefficient (Wildman–Crippen LogP) is 3.52. The molecule has 134 valence electrons. The number of anilines is 1. The van der Waals surface area contributed by atoms with E-state index in [4.69, 9.17) is 11.6 Å². The Bertz CT molecular complexity index is 911. The number of sulfonamides is 1. The number of halogens is 1. The molecule has 0 fully saturated rings. The molecule has 25 heavy (non-hydrogen) atoms. The van der Waals surface area contributed by atoms with Crippen molar-refractivity contribution in [2.24, 2.45) is 0 Å². The molecule has 2 rings (SSSR count). The van der Waals surface area contributed by atoms with Crippen LogP contribution in [0.25, 0.3) is 0 Å². The first kappa shape index (κ1) is 19.4. The highest BCUT2D eigenvalue weighted by molar-refractivity contribution is 7.89. The van der Waals surface area contributed by atoms with Gasteiger partial charge in [-0.05, 0) is 61.7 Å². The zero-order valence-electron chi connectivity index (χ0n) is 14.6. The maximum atomic E-state index is 12.6. The molecule has 7 heteroatoms. The number of amides is 1. The molecule has 0 aliphatic heterocycles. The number of carbonyl (C=O) groups excluding carboxylic acids is 1. The fourth-order valence-electron chi connectivity index (χ4n) is 2.21. The number of aryl methyl sites for hydroxylation is 3. The molecule has 0 saturated heterocycles. The molecule has 0 radical (unpaired) electrons. The van der Waals surface area contributed by atoms with E-state index in [2.05, 4.69) is 5.32 Å². The van der Waals surface area contributed by atoms with Crippen LogP contribution in [0, 0.1) is 20.8 Å². The summed E-state index contributed by atoms with van der Waals surface area (Å²) in [7, 11) is -2.35. The van der Waals surface area contributed by atoms with Gasteiger partial charge < -0.3 is 5.32 Å². The minimum absolute atomic E-state index is 0.171. The van der Waals surface area contributed by atoms with E-state index in [1.165, 1.54) is 7.05 Å². The molecule has 1 N–H and O–H groups in total. The average molecular weight is 381 g/mol. The third-order valence-corrected chi connectivity index (χ3v) is 6.21. The van der Waals surface area contributed by atoms with Gasteiger partial charge in [0.2, 0.25) is 15.9 Å². The van der Waals surface area contributed by atoms with E-state index in [0.29, 0.717) is 10.7 Å². The highest BCUT2D eigenvalue weighted by Gasteiger charge is 2.23. The van der Waals surface area contributed by atoms with Gasteiger partial charge in [0.25, 0.3) is 0 Å². The number of benzene rings is 2. The Morgan fingerprint density at radius 1 is 1.04 bits per heavy atom. The van der Waals surface area contributed by atoms with Crippen molar-refractivity contribution in [2.75, 3.05) is 18.9 Å². The van der Waals surface area contributed by atoms with Crippen LogP contribution < -0.4 is 5.32 Å². The predicted molar refractivity (Wildman–Crippen MR) is 101 cm³/mol. The summed E-state index contributed by atoms with van der Waals surface area (Å²) >= 11 is 6.03. The Hall–Kier alpha value is -1.89. The first-order valence-corrected chi connectivity index (χ1v) is 9.52. The van der Waals surface area contributed by atoms with Gasteiger partial charge in [-0.1, -0.05) is 23.7 Å². The van der Waals surface area contributed by atoms with Crippen LogP contribution in [0.2, 0.25) is 5.02 Å². The molecule has 0 spiro atoms. The van der Waals surface area contributed by atoms with Gasteiger partial charge in [-0.2, -0.15) is 4.31 Å². The molecular formula is C18H21ClN2O3S. The molecule has 0 atom stereocenters. The maximum absolute atomic E-state index is 12.6. The van der Waals surface area contributed by atoms with Crippen LogP contribution >= 0.6 is 11.6 Å². The first-order valence-electron chi connectivity index (χ1n) is 7.71. The van der Waals surface area contributed by atoms with E-state index in [9.17, 15) is 13.2 Å². The minimum atomic E-state index is -3.73. The Kier molecular flexibility index (Phi) is 5.87. The fourth-order valence-corrected chi connectivity index (χ4v) is 3.61. The van der Waals surface area contributed by atoms with Crippen molar-refractivity contribution in [1.82, 2.24) is 4.31 Å². The summed E-state index contributed by atoms with van der Waals surface area (Å²) in [5.41, 5.74) is 3.32. The minimum Gasteiger partial charge on any atom is -0.325 e. The number of nitrogens with one attached hydrogen (secondary N) is 1. The standard InChI is InChI=1S/C18H21ClN2O3S/c1-12-6-8-16(9-14(12)3)25(23,24)21(4)11-18(22)20-15-7-5-13(2)17(19)10-15/h5-10H,11H2,1-4H3,(H,20,22). The summed E-state index contributed by atoms with van der Waals surface area (Å²) < 4.78 is 26.2. The summed E-state index contributed by atoms with van der Waals surface area (Å²) in [6, 6.07) is 10.0. The number of likely N-dealkylation sites (N-methyl/N-ethyl adjacent to an activating group) is 1. The molecular weight excluding hydrogens is 360 g/mol. The van der Waals surface area contributed by atoms with Gasteiger partial charge in [0.15, 0.2) is 0 Å². The zero-order valence-corrected chi connectivity index (χ0v) is 16.2. The second kappa shape index (κ2) is 7.56. The fraction of sp³-hybridized carbons (Fsp3) is 0.278. The lowest BCUT2D eigenvalue weighted by Gasteiger charge is -2.17. The first-order chi connectivity index (χ1) is 11.6. The second-order valence-electron chi connectivity index (χ2n) is 6.02. The normalized spacial score (nSPS) is 11.6. The molecule has 5 nitrogen and oxygen atoms in total. The van der Waals surface area contributed by atoms with Crippen LogP contribution in [-0.4, -0.2) is 32.2 Å². The van der Waals surface area contributed by atoms with Gasteiger partial charge >= 0.3 is 0 Å². The number of carbonyl (C=O) groups is 1. The average Bonchev–Trinajstić information content (AvgIpc) is 2.53. The highest BCUT2D eigenvalue weighted by Crippen LogP contribution is 2.21. The molecule has 0 heterocycles. The van der Waals surface area contributed by atoms with Gasteiger partial charge in [0.1, 0.15) is 0 Å². The molecule has 0 aromatic heterocycles. The van der Waals surface area contributed by atoms with Crippen LogP contribution in [0.1, 0.15) is 16.7 Å². The lowest BCUT2D eigenvalue weighted by molar-refractivity contribution is -0.116. The van der Waals surface area contributed by atoms with Gasteiger partial charge in [-0.15, -0.1) is 0 Å². The van der Waals surface area contributed by atoms with Crippen molar-refractivity contribution in [3.8, 4) is 0 Å². The molecule has 0 unspecified atom stereocenters. The van der Waals surface area contributed by atoms with Crippen molar-refractivity contribution in [3.05, 3.63) is 58.1 Å². The second-order valence-corrected chi connectivity index (χ2v) is 8.47. The van der Waals surface area contributed by atoms with Gasteiger partial charge in [0.05, 0.1) is 11.4 Å². The zero-order chi connectivity index (χ0) is 18.8. The SMILES string of the molecule is Cc1ccc(S(=O)(=O)N(C)CC(=O)Nc2ccc(C)c(Cl)c2)cc1C. The lowest BCUT2D eigenvalue weighted by Crippen LogP contribution is -2.35. The van der Waals surface area contributed by atoms with Gasteiger partial charge in [-0.3, -0.25) is 4.79 Å². The highest BCUT2D eigenvalue weighted by atomic mass is 35.5. The molecule has 0 bridgehead atoms. The van der Waals surface area contributed by atoms with Gasteiger partial charge in [0, 0.05) is 17.8 Å². The van der Waals surface area contributed by atoms with E-state index in [1.807, 2.05) is 20.8 Å². The Labute approximate surface area is 153 Å². The summed E-state index contributed by atoms with van der Waals surface area (Å²) in [5.74, 6) is -0.435. The van der Waals surface area contributed by atoms with Crippen LogP contribution in [0.4, 0.5) is 5.69 Å². The number of nitrogens with zero attached hydrogens (tertiary/aromatic N) is 1. The summed E-state index contributed by atoms with van der Waals surface area (Å²) in [6.07, 6.45) is 0. The van der Waals surface area contributed by atoms with Crippen molar-refractivity contribution >= 4 is 33.2 Å². The number of rotatable bonds is 5. The summed E-state index contributed by atoms with van der Waals surface area (Å²) in [4.78, 5) is 12.3. The van der Waals surface area contributed by atoms with Crippen LogP contribution in [-0.2, 0) is 14.8 Å². The molecule has 2 aromatic carbocycles. The molecule has 0 aliphatic rings. The van der Waals surface area contributed by atoms with E-state index in [0.717, 1.165) is 21.0 Å². The molecule has 1 amide bonds. The van der Waals surface area contributed by atoms with E-state index >= 15 is 0 Å². The maximum Gasteiger partial charge on any atom is 0.243 e. The Morgan fingerprint density at radius 3 is 2.28 bits per heavy atom. The van der Waals surface area contributed by atoms with Crippen molar-refractivity contribution in [3.63, 3.8) is 0 Å². The van der Waals surface area contributed by atoms with Gasteiger partial charge in [-0.25, -0.2) is 8.42 Å². The monoisotopic (exact) mass is 380 g/mol. The van der Waals surface area contributed by atoms with E-state index in [1.54, 1.807) is 36.4 Å². The Balaban J connectivity index is 2.11. The van der Waals surface area contributed by atoms with Crippen molar-refractivity contribution in [2.45, 2.75) is 25.7 Å². The number of hydrogen-bond acceptors (Lipinski definition) is 3. The summed E-state index contributed by atoms with van der Waals surface area (Å²) in [6.45, 7) is 5.33. The smallest absolute Gasteiger partial charge is 0.243 e. The molecule has 2 aromatic rings. The third-order valence-electron chi connectivity index (χ3n) is 4.01. The summed E-state index contributed by atoms with van der Waals surface area (Å²) in [5, 5.41) is 3.19. The lowest BCUT2D eigenvalue weighted by atomic mass is 10.1. The number of hydrogen-bond donors (Lipinski definition) is 1. The third kappa shape index (κ3) is 4.60. The quantitative estimate of drug-likeness (QED) is 0.862. The van der Waals surface area contributed by atoms with Crippen molar-refractivity contribution < 1.29 is 13.2 Å². The van der Waals surface area contributed by atoms with Crippen molar-refractivity contribution in [1.29, 1.82) is 0 Å². The molecule has 0 aliphatic carbocycles. The topological polar surface area (TPSA) is 66.5 Å². The van der Waals surface area contributed by atoms with E-state index in [-0.39, 0.29) is 11.4 Å². The van der Waals surface area contributed by atoms with Crippen LogP contribution in [0.5, 0.6) is 0 Å². The van der Waals surface area contributed by atoms with Crippen LogP contribution in [0.15, 0.2) is 41.3 Å². The largest absolute Gasteiger partial charge is 0.325 e. The van der Waals surface area contributed by atoms with Crippen LogP contribution in [0.3, 0.4) is 0 Å². The van der Waals surface area contributed by atoms with E-state index < -0.39 is 15.9 Å².